The largest absolute Gasteiger partial charge is 0.0843 e. The molecule has 0 heterocycles. The van der Waals surface area contributed by atoms with Crippen molar-refractivity contribution >= 4 is 27.5 Å². The standard InChI is InChI=1S/C26H28BrCl/c1-25(2,3)18-9-7-17(8-10-18)21-13-11-19(26(4,5)6)15-23(21)22-14-12-20(28)16-24(22)27/h7-16H,1-6H3. The molecular formula is C26H28BrCl. The number of rotatable bonds is 2. The van der Waals surface area contributed by atoms with Crippen LogP contribution in [0.5, 0.6) is 0 Å². The maximum absolute atomic E-state index is 6.20. The molecule has 0 radical (unpaired) electrons. The number of hydrogen-bond donors (Lipinski definition) is 0. The highest BCUT2D eigenvalue weighted by Crippen LogP contribution is 2.40. The van der Waals surface area contributed by atoms with Gasteiger partial charge in [0.05, 0.1) is 0 Å². The van der Waals surface area contributed by atoms with Crippen LogP contribution in [0.4, 0.5) is 0 Å². The van der Waals surface area contributed by atoms with Crippen LogP contribution in [-0.2, 0) is 10.8 Å². The summed E-state index contributed by atoms with van der Waals surface area (Å²) in [5.74, 6) is 0. The first kappa shape index (κ1) is 21.1. The van der Waals surface area contributed by atoms with E-state index in [0.717, 1.165) is 15.1 Å². The molecule has 0 aromatic heterocycles. The summed E-state index contributed by atoms with van der Waals surface area (Å²) in [7, 11) is 0. The first-order valence-electron chi connectivity index (χ1n) is 9.68. The van der Waals surface area contributed by atoms with Crippen molar-refractivity contribution in [3.63, 3.8) is 0 Å². The Labute approximate surface area is 183 Å². The molecule has 0 aliphatic heterocycles. The normalized spacial score (nSPS) is 12.3. The van der Waals surface area contributed by atoms with Gasteiger partial charge in [0.15, 0.2) is 0 Å². The Balaban J connectivity index is 2.21. The van der Waals surface area contributed by atoms with E-state index in [1.165, 1.54) is 27.8 Å². The summed E-state index contributed by atoms with van der Waals surface area (Å²) < 4.78 is 1.01. The van der Waals surface area contributed by atoms with E-state index in [1.807, 2.05) is 12.1 Å². The maximum Gasteiger partial charge on any atom is 0.0417 e. The average Bonchev–Trinajstić information content (AvgIpc) is 2.60. The van der Waals surface area contributed by atoms with Crippen LogP contribution >= 0.6 is 27.5 Å². The van der Waals surface area contributed by atoms with E-state index in [4.69, 9.17) is 11.6 Å². The quantitative estimate of drug-likeness (QED) is 0.361. The molecule has 3 aromatic rings. The molecule has 146 valence electrons. The Kier molecular flexibility index (Phi) is 5.81. The SMILES string of the molecule is CC(C)(C)c1ccc(-c2ccc(C(C)(C)C)cc2-c2ccc(Cl)cc2Br)cc1. The van der Waals surface area contributed by atoms with Gasteiger partial charge in [-0.25, -0.2) is 0 Å². The first-order valence-corrected chi connectivity index (χ1v) is 10.8. The van der Waals surface area contributed by atoms with Crippen molar-refractivity contribution in [2.75, 3.05) is 0 Å². The van der Waals surface area contributed by atoms with E-state index in [2.05, 4.69) is 106 Å². The smallest absolute Gasteiger partial charge is 0.0417 e. The van der Waals surface area contributed by atoms with Gasteiger partial charge in [-0.2, -0.15) is 0 Å². The third-order valence-corrected chi connectivity index (χ3v) is 6.06. The van der Waals surface area contributed by atoms with E-state index in [-0.39, 0.29) is 10.8 Å². The molecule has 0 amide bonds. The Hall–Kier alpha value is -1.57. The maximum atomic E-state index is 6.20. The van der Waals surface area contributed by atoms with E-state index in [9.17, 15) is 0 Å². The van der Waals surface area contributed by atoms with Gasteiger partial charge in [-0.1, -0.05) is 112 Å². The highest BCUT2D eigenvalue weighted by Gasteiger charge is 2.19. The lowest BCUT2D eigenvalue weighted by Crippen LogP contribution is -2.11. The third kappa shape index (κ3) is 4.53. The molecule has 3 rings (SSSR count). The van der Waals surface area contributed by atoms with Gasteiger partial charge in [-0.15, -0.1) is 0 Å². The molecule has 0 aliphatic carbocycles. The summed E-state index contributed by atoms with van der Waals surface area (Å²) in [4.78, 5) is 0. The van der Waals surface area contributed by atoms with E-state index in [1.54, 1.807) is 0 Å². The minimum atomic E-state index is 0.0856. The molecule has 0 bridgehead atoms. The minimum absolute atomic E-state index is 0.0856. The molecule has 0 N–H and O–H groups in total. The van der Waals surface area contributed by atoms with Gasteiger partial charge in [0.2, 0.25) is 0 Å². The van der Waals surface area contributed by atoms with E-state index >= 15 is 0 Å². The lowest BCUT2D eigenvalue weighted by molar-refractivity contribution is 0.590. The lowest BCUT2D eigenvalue weighted by Gasteiger charge is -2.23. The second-order valence-electron chi connectivity index (χ2n) is 9.46. The van der Waals surface area contributed by atoms with Crippen molar-refractivity contribution in [1.29, 1.82) is 0 Å². The molecule has 0 fully saturated rings. The van der Waals surface area contributed by atoms with Gasteiger partial charge in [-0.05, 0) is 62.4 Å². The van der Waals surface area contributed by atoms with Crippen LogP contribution in [-0.4, -0.2) is 0 Å². The van der Waals surface area contributed by atoms with Crippen molar-refractivity contribution < 1.29 is 0 Å². The summed E-state index contributed by atoms with van der Waals surface area (Å²) in [5.41, 5.74) is 7.74. The zero-order valence-electron chi connectivity index (χ0n) is 17.5. The van der Waals surface area contributed by atoms with Gasteiger partial charge in [0.25, 0.3) is 0 Å². The Morgan fingerprint density at radius 2 is 1.14 bits per heavy atom. The fraction of sp³-hybridized carbons (Fsp3) is 0.308. The van der Waals surface area contributed by atoms with Crippen LogP contribution in [0.3, 0.4) is 0 Å². The summed E-state index contributed by atoms with van der Waals surface area (Å²) in [5, 5.41) is 0.735. The van der Waals surface area contributed by atoms with E-state index in [0.29, 0.717) is 0 Å². The van der Waals surface area contributed by atoms with Crippen LogP contribution in [0.15, 0.2) is 65.1 Å². The Bertz CT molecular complexity index is 986. The van der Waals surface area contributed by atoms with Gasteiger partial charge in [-0.3, -0.25) is 0 Å². The van der Waals surface area contributed by atoms with Gasteiger partial charge in [0, 0.05) is 9.50 Å². The van der Waals surface area contributed by atoms with Crippen molar-refractivity contribution in [3.8, 4) is 22.3 Å². The number of benzene rings is 3. The summed E-state index contributed by atoms with van der Waals surface area (Å²) in [6.07, 6.45) is 0. The predicted octanol–water partition coefficient (Wildman–Crippen LogP) is 9.03. The van der Waals surface area contributed by atoms with Crippen LogP contribution in [0.1, 0.15) is 52.7 Å². The van der Waals surface area contributed by atoms with Crippen molar-refractivity contribution in [1.82, 2.24) is 0 Å². The van der Waals surface area contributed by atoms with Crippen LogP contribution in [0.25, 0.3) is 22.3 Å². The highest BCUT2D eigenvalue weighted by atomic mass is 79.9. The van der Waals surface area contributed by atoms with Crippen molar-refractivity contribution in [2.24, 2.45) is 0 Å². The Morgan fingerprint density at radius 1 is 0.607 bits per heavy atom. The average molecular weight is 456 g/mol. The zero-order chi connectivity index (χ0) is 20.7. The fourth-order valence-corrected chi connectivity index (χ4v) is 4.24. The topological polar surface area (TPSA) is 0 Å². The summed E-state index contributed by atoms with van der Waals surface area (Å²) >= 11 is 9.91. The molecule has 0 aliphatic rings. The van der Waals surface area contributed by atoms with E-state index < -0.39 is 0 Å². The van der Waals surface area contributed by atoms with Gasteiger partial charge < -0.3 is 0 Å². The molecule has 28 heavy (non-hydrogen) atoms. The van der Waals surface area contributed by atoms with Gasteiger partial charge >= 0.3 is 0 Å². The molecule has 0 saturated carbocycles. The van der Waals surface area contributed by atoms with Crippen molar-refractivity contribution in [3.05, 3.63) is 81.3 Å². The molecule has 0 saturated heterocycles. The number of hydrogen-bond acceptors (Lipinski definition) is 0. The first-order chi connectivity index (χ1) is 13.0. The molecule has 2 heteroatoms. The molecule has 0 atom stereocenters. The summed E-state index contributed by atoms with van der Waals surface area (Å²) in [6.45, 7) is 13.5. The minimum Gasteiger partial charge on any atom is -0.0843 e. The zero-order valence-corrected chi connectivity index (χ0v) is 19.9. The summed E-state index contributed by atoms with van der Waals surface area (Å²) in [6, 6.07) is 21.8. The highest BCUT2D eigenvalue weighted by molar-refractivity contribution is 9.10. The predicted molar refractivity (Wildman–Crippen MR) is 127 cm³/mol. The molecule has 0 spiro atoms. The number of halogens is 2. The van der Waals surface area contributed by atoms with Crippen molar-refractivity contribution in [2.45, 2.75) is 52.4 Å². The monoisotopic (exact) mass is 454 g/mol. The molecular weight excluding hydrogens is 428 g/mol. The van der Waals surface area contributed by atoms with Gasteiger partial charge in [0.1, 0.15) is 0 Å². The van der Waals surface area contributed by atoms with Crippen LogP contribution in [0, 0.1) is 0 Å². The second-order valence-corrected chi connectivity index (χ2v) is 10.8. The lowest BCUT2D eigenvalue weighted by atomic mass is 9.82. The third-order valence-electron chi connectivity index (χ3n) is 5.17. The molecule has 0 unspecified atom stereocenters. The van der Waals surface area contributed by atoms with Crippen LogP contribution in [0.2, 0.25) is 5.02 Å². The Morgan fingerprint density at radius 3 is 1.68 bits per heavy atom. The molecule has 3 aromatic carbocycles. The van der Waals surface area contributed by atoms with Crippen LogP contribution < -0.4 is 0 Å². The second kappa shape index (κ2) is 7.69. The fourth-order valence-electron chi connectivity index (χ4n) is 3.34. The molecule has 0 nitrogen and oxygen atoms in total.